The number of hydrogen-bond acceptors (Lipinski definition) is 2. The van der Waals surface area contributed by atoms with Crippen LogP contribution in [0.15, 0.2) is 0 Å². The molecule has 0 aromatic rings. The van der Waals surface area contributed by atoms with Crippen LogP contribution in [-0.2, 0) is 4.74 Å². The molecule has 0 amide bonds. The van der Waals surface area contributed by atoms with E-state index in [1.807, 2.05) is 0 Å². The van der Waals surface area contributed by atoms with Gasteiger partial charge in [-0.1, -0.05) is 0 Å². The van der Waals surface area contributed by atoms with Crippen molar-refractivity contribution in [1.82, 2.24) is 0 Å². The predicted molar refractivity (Wildman–Crippen MR) is 39.9 cm³/mol. The zero-order valence-electron chi connectivity index (χ0n) is 6.76. The maximum atomic E-state index is 8.80. The highest BCUT2D eigenvalue weighted by atomic mass is 16.5. The van der Waals surface area contributed by atoms with Crippen LogP contribution in [0.1, 0.15) is 33.1 Å². The molecule has 1 saturated heterocycles. The molecule has 60 valence electrons. The number of aliphatic hydroxyl groups is 1. The van der Waals surface area contributed by atoms with Gasteiger partial charge in [-0.3, -0.25) is 0 Å². The zero-order valence-corrected chi connectivity index (χ0v) is 6.76. The standard InChI is InChI=1S/C8H16O2/c1-8(2)5-3-4-7(6-9)10-8/h7,9H,3-6H2,1-2H3/t7-/m0/s1. The lowest BCUT2D eigenvalue weighted by Crippen LogP contribution is -2.36. The van der Waals surface area contributed by atoms with Crippen molar-refractivity contribution >= 4 is 0 Å². The molecule has 2 nitrogen and oxygen atoms in total. The van der Waals surface area contributed by atoms with Crippen molar-refractivity contribution in [2.24, 2.45) is 0 Å². The minimum absolute atomic E-state index is 0.00829. The fourth-order valence-corrected chi connectivity index (χ4v) is 1.45. The molecule has 1 fully saturated rings. The minimum Gasteiger partial charge on any atom is -0.394 e. The Morgan fingerprint density at radius 3 is 2.70 bits per heavy atom. The maximum Gasteiger partial charge on any atom is 0.0813 e. The summed E-state index contributed by atoms with van der Waals surface area (Å²) in [6, 6.07) is 0. The largest absolute Gasteiger partial charge is 0.394 e. The van der Waals surface area contributed by atoms with E-state index in [-0.39, 0.29) is 18.3 Å². The molecule has 1 aliphatic heterocycles. The number of rotatable bonds is 1. The monoisotopic (exact) mass is 144 g/mol. The molecule has 10 heavy (non-hydrogen) atoms. The van der Waals surface area contributed by atoms with Crippen LogP contribution in [0.3, 0.4) is 0 Å². The molecule has 0 saturated carbocycles. The second kappa shape index (κ2) is 2.89. The molecule has 1 rings (SSSR count). The summed E-state index contributed by atoms with van der Waals surface area (Å²) in [6.07, 6.45) is 3.39. The predicted octanol–water partition coefficient (Wildman–Crippen LogP) is 1.33. The van der Waals surface area contributed by atoms with Gasteiger partial charge < -0.3 is 9.84 Å². The summed E-state index contributed by atoms with van der Waals surface area (Å²) in [5.41, 5.74) is -0.00829. The smallest absolute Gasteiger partial charge is 0.0813 e. The van der Waals surface area contributed by atoms with E-state index in [1.54, 1.807) is 0 Å². The fraction of sp³-hybridized carbons (Fsp3) is 1.00. The van der Waals surface area contributed by atoms with Crippen LogP contribution in [0.5, 0.6) is 0 Å². The van der Waals surface area contributed by atoms with Crippen LogP contribution in [0, 0.1) is 0 Å². The SMILES string of the molecule is CC1(C)CCC[C@@H](CO)O1. The summed E-state index contributed by atoms with van der Waals surface area (Å²) in [4.78, 5) is 0. The maximum absolute atomic E-state index is 8.80. The molecule has 1 atom stereocenters. The Kier molecular flexibility index (Phi) is 2.32. The van der Waals surface area contributed by atoms with Gasteiger partial charge in [0.1, 0.15) is 0 Å². The Hall–Kier alpha value is -0.0800. The van der Waals surface area contributed by atoms with Gasteiger partial charge in [0.05, 0.1) is 18.3 Å². The van der Waals surface area contributed by atoms with E-state index in [0.717, 1.165) is 12.8 Å². The lowest BCUT2D eigenvalue weighted by atomic mass is 9.95. The molecule has 1 heterocycles. The number of hydrogen-bond donors (Lipinski definition) is 1. The van der Waals surface area contributed by atoms with Gasteiger partial charge in [-0.15, -0.1) is 0 Å². The summed E-state index contributed by atoms with van der Waals surface area (Å²) in [5.74, 6) is 0. The van der Waals surface area contributed by atoms with Crippen LogP contribution in [0.4, 0.5) is 0 Å². The third-order valence-electron chi connectivity index (χ3n) is 1.99. The van der Waals surface area contributed by atoms with E-state index in [2.05, 4.69) is 13.8 Å². The van der Waals surface area contributed by atoms with Gasteiger partial charge in [-0.25, -0.2) is 0 Å². The third-order valence-corrected chi connectivity index (χ3v) is 1.99. The molecule has 0 spiro atoms. The molecule has 0 radical (unpaired) electrons. The number of aliphatic hydroxyl groups excluding tert-OH is 1. The van der Waals surface area contributed by atoms with E-state index >= 15 is 0 Å². The van der Waals surface area contributed by atoms with Crippen LogP contribution >= 0.6 is 0 Å². The van der Waals surface area contributed by atoms with Crippen molar-refractivity contribution in [2.45, 2.75) is 44.8 Å². The van der Waals surface area contributed by atoms with E-state index < -0.39 is 0 Å². The van der Waals surface area contributed by atoms with Crippen molar-refractivity contribution in [3.8, 4) is 0 Å². The molecule has 0 aliphatic carbocycles. The quantitative estimate of drug-likeness (QED) is 0.601. The van der Waals surface area contributed by atoms with Crippen molar-refractivity contribution in [3.63, 3.8) is 0 Å². The number of ether oxygens (including phenoxy) is 1. The Balaban J connectivity index is 2.40. The van der Waals surface area contributed by atoms with Gasteiger partial charge >= 0.3 is 0 Å². The van der Waals surface area contributed by atoms with Gasteiger partial charge in [-0.2, -0.15) is 0 Å². The highest BCUT2D eigenvalue weighted by Gasteiger charge is 2.27. The first-order valence-electron chi connectivity index (χ1n) is 3.93. The van der Waals surface area contributed by atoms with Gasteiger partial charge in [0.25, 0.3) is 0 Å². The van der Waals surface area contributed by atoms with Crippen molar-refractivity contribution in [2.75, 3.05) is 6.61 Å². The molecule has 2 heteroatoms. The zero-order chi connectivity index (χ0) is 7.61. The molecule has 1 N–H and O–H groups in total. The summed E-state index contributed by atoms with van der Waals surface area (Å²) in [5, 5.41) is 8.80. The summed E-state index contributed by atoms with van der Waals surface area (Å²) < 4.78 is 5.57. The van der Waals surface area contributed by atoms with Crippen molar-refractivity contribution < 1.29 is 9.84 Å². The Morgan fingerprint density at radius 2 is 2.30 bits per heavy atom. The van der Waals surface area contributed by atoms with Crippen LogP contribution in [0.2, 0.25) is 0 Å². The first-order valence-corrected chi connectivity index (χ1v) is 3.93. The molecule has 0 aromatic heterocycles. The lowest BCUT2D eigenvalue weighted by Gasteiger charge is -2.35. The van der Waals surface area contributed by atoms with Crippen molar-refractivity contribution in [3.05, 3.63) is 0 Å². The first-order chi connectivity index (χ1) is 4.64. The Morgan fingerprint density at radius 1 is 1.60 bits per heavy atom. The third kappa shape index (κ3) is 1.96. The van der Waals surface area contributed by atoms with Crippen LogP contribution < -0.4 is 0 Å². The summed E-state index contributed by atoms with van der Waals surface area (Å²) >= 11 is 0. The second-order valence-corrected chi connectivity index (χ2v) is 3.57. The highest BCUT2D eigenvalue weighted by Crippen LogP contribution is 2.27. The molecule has 0 aromatic carbocycles. The molecular formula is C8H16O2. The summed E-state index contributed by atoms with van der Waals surface area (Å²) in [7, 11) is 0. The van der Waals surface area contributed by atoms with Gasteiger partial charge in [0.15, 0.2) is 0 Å². The summed E-state index contributed by atoms with van der Waals surface area (Å²) in [6.45, 7) is 4.33. The normalized spacial score (nSPS) is 32.1. The molecule has 0 bridgehead atoms. The molecular weight excluding hydrogens is 128 g/mol. The average molecular weight is 144 g/mol. The first kappa shape index (κ1) is 8.02. The van der Waals surface area contributed by atoms with E-state index in [1.165, 1.54) is 6.42 Å². The topological polar surface area (TPSA) is 29.5 Å². The van der Waals surface area contributed by atoms with Crippen LogP contribution in [-0.4, -0.2) is 23.4 Å². The fourth-order valence-electron chi connectivity index (χ4n) is 1.45. The van der Waals surface area contributed by atoms with Gasteiger partial charge in [-0.05, 0) is 33.1 Å². The second-order valence-electron chi connectivity index (χ2n) is 3.57. The van der Waals surface area contributed by atoms with Crippen molar-refractivity contribution in [1.29, 1.82) is 0 Å². The highest BCUT2D eigenvalue weighted by molar-refractivity contribution is 4.77. The minimum atomic E-state index is -0.00829. The molecule has 0 unspecified atom stereocenters. The van der Waals surface area contributed by atoms with Gasteiger partial charge in [0, 0.05) is 0 Å². The van der Waals surface area contributed by atoms with E-state index in [4.69, 9.17) is 9.84 Å². The van der Waals surface area contributed by atoms with E-state index in [9.17, 15) is 0 Å². The van der Waals surface area contributed by atoms with E-state index in [0.29, 0.717) is 0 Å². The Bertz CT molecular complexity index is 110. The molecule has 1 aliphatic rings. The van der Waals surface area contributed by atoms with Crippen LogP contribution in [0.25, 0.3) is 0 Å². The Labute approximate surface area is 62.2 Å². The average Bonchev–Trinajstić information content (AvgIpc) is 1.86. The van der Waals surface area contributed by atoms with Gasteiger partial charge in [0.2, 0.25) is 0 Å². The lowest BCUT2D eigenvalue weighted by molar-refractivity contribution is -0.122.